The summed E-state index contributed by atoms with van der Waals surface area (Å²) in [6.45, 7) is 0.273. The van der Waals surface area contributed by atoms with E-state index in [0.29, 0.717) is 12.1 Å². The lowest BCUT2D eigenvalue weighted by Crippen LogP contribution is -2.44. The van der Waals surface area contributed by atoms with Crippen molar-refractivity contribution >= 4 is 11.8 Å². The molecule has 8 nitrogen and oxygen atoms in total. The second kappa shape index (κ2) is 9.01. The van der Waals surface area contributed by atoms with Crippen LogP contribution in [0.25, 0.3) is 11.3 Å². The van der Waals surface area contributed by atoms with Crippen LogP contribution >= 0.6 is 0 Å². The number of aromatic nitrogens is 3. The Hall–Kier alpha value is -4.14. The van der Waals surface area contributed by atoms with Gasteiger partial charge in [0.2, 0.25) is 0 Å². The molecule has 34 heavy (non-hydrogen) atoms. The van der Waals surface area contributed by atoms with Gasteiger partial charge in [-0.05, 0) is 67.1 Å². The van der Waals surface area contributed by atoms with E-state index in [4.69, 9.17) is 9.47 Å². The first-order valence-corrected chi connectivity index (χ1v) is 10.9. The van der Waals surface area contributed by atoms with Gasteiger partial charge in [-0.15, -0.1) is 5.10 Å². The van der Waals surface area contributed by atoms with E-state index in [1.807, 2.05) is 30.3 Å². The molecular formula is C25H23FN4O4. The lowest BCUT2D eigenvalue weighted by atomic mass is 9.88. The van der Waals surface area contributed by atoms with Gasteiger partial charge in [-0.1, -0.05) is 11.3 Å². The van der Waals surface area contributed by atoms with E-state index in [9.17, 15) is 14.3 Å². The summed E-state index contributed by atoms with van der Waals surface area (Å²) in [6.07, 6.45) is 6.32. The Kier molecular flexibility index (Phi) is 5.75. The summed E-state index contributed by atoms with van der Waals surface area (Å²) in [7, 11) is 1.61. The summed E-state index contributed by atoms with van der Waals surface area (Å²) < 4.78 is 26.3. The number of carbonyl (C=O) groups is 1. The third kappa shape index (κ3) is 4.12. The molecule has 1 saturated heterocycles. The van der Waals surface area contributed by atoms with Gasteiger partial charge in [-0.2, -0.15) is 0 Å². The fourth-order valence-electron chi connectivity index (χ4n) is 4.46. The molecule has 9 heteroatoms. The van der Waals surface area contributed by atoms with Crippen molar-refractivity contribution in [3.63, 3.8) is 0 Å². The van der Waals surface area contributed by atoms with Crippen molar-refractivity contribution in [2.45, 2.75) is 25.1 Å². The molecule has 3 aromatic rings. The van der Waals surface area contributed by atoms with Crippen molar-refractivity contribution in [3.05, 3.63) is 84.5 Å². The summed E-state index contributed by atoms with van der Waals surface area (Å²) in [5.74, 6) is 0.416. The average Bonchev–Trinajstić information content (AvgIpc) is 3.44. The van der Waals surface area contributed by atoms with Gasteiger partial charge in [0, 0.05) is 17.2 Å². The Balaban J connectivity index is 1.47. The lowest BCUT2D eigenvalue weighted by Gasteiger charge is -2.31. The van der Waals surface area contributed by atoms with Crippen LogP contribution in [0.5, 0.6) is 5.75 Å². The van der Waals surface area contributed by atoms with Crippen LogP contribution in [0.2, 0.25) is 0 Å². The highest BCUT2D eigenvalue weighted by Gasteiger charge is 2.46. The number of hydrogen-bond donors (Lipinski definition) is 1. The van der Waals surface area contributed by atoms with E-state index in [2.05, 4.69) is 10.3 Å². The van der Waals surface area contributed by atoms with Gasteiger partial charge in [0.05, 0.1) is 31.6 Å². The number of aliphatic hydroxyl groups is 1. The average molecular weight is 462 g/mol. The minimum atomic E-state index is -0.556. The van der Waals surface area contributed by atoms with Crippen LogP contribution in [-0.4, -0.2) is 45.4 Å². The van der Waals surface area contributed by atoms with Gasteiger partial charge >= 0.3 is 6.09 Å². The number of cyclic esters (lactones) is 1. The van der Waals surface area contributed by atoms with Crippen molar-refractivity contribution in [1.82, 2.24) is 15.0 Å². The maximum atomic E-state index is 13.5. The Morgan fingerprint density at radius 3 is 2.62 bits per heavy atom. The molecule has 1 N–H and O–H groups in total. The van der Waals surface area contributed by atoms with Gasteiger partial charge in [-0.25, -0.2) is 13.9 Å². The zero-order valence-corrected chi connectivity index (χ0v) is 18.4. The second-order valence-corrected chi connectivity index (χ2v) is 8.18. The quantitative estimate of drug-likeness (QED) is 0.580. The number of halogens is 1. The van der Waals surface area contributed by atoms with Gasteiger partial charge in [0.25, 0.3) is 0 Å². The molecule has 2 aromatic carbocycles. The van der Waals surface area contributed by atoms with Gasteiger partial charge in [0.15, 0.2) is 0 Å². The first-order valence-electron chi connectivity index (χ1n) is 10.9. The molecule has 1 amide bonds. The largest absolute Gasteiger partial charge is 0.508 e. The summed E-state index contributed by atoms with van der Waals surface area (Å²) in [4.78, 5) is 14.6. The maximum Gasteiger partial charge on any atom is 0.415 e. The molecule has 0 saturated carbocycles. The van der Waals surface area contributed by atoms with Gasteiger partial charge in [0.1, 0.15) is 23.4 Å². The molecule has 1 fully saturated rings. The van der Waals surface area contributed by atoms with E-state index in [-0.39, 0.29) is 24.0 Å². The predicted octanol–water partition coefficient (Wildman–Crippen LogP) is 4.50. The molecule has 1 unspecified atom stereocenters. The number of carbonyl (C=O) groups excluding carboxylic acids is 1. The highest BCUT2D eigenvalue weighted by atomic mass is 19.1. The maximum absolute atomic E-state index is 13.5. The fourth-order valence-corrected chi connectivity index (χ4v) is 4.46. The van der Waals surface area contributed by atoms with E-state index in [0.717, 1.165) is 17.0 Å². The Morgan fingerprint density at radius 1 is 1.18 bits per heavy atom. The van der Waals surface area contributed by atoms with Crippen LogP contribution in [-0.2, 0) is 11.3 Å². The smallest absolute Gasteiger partial charge is 0.415 e. The standard InChI is InChI=1S/C25H23FN4O4/c1-33-21-12-4-16(5-13-21)22-14-27-28-29(22)15-23-24(17-2-10-20(31)11-3-17)30(25(32)34-23)19-8-6-18(26)7-9-19/h2,4-14,17,23-24,31H,3,15H2,1H3/t17?,23-,24-/m1/s1. The van der Waals surface area contributed by atoms with Crippen molar-refractivity contribution in [3.8, 4) is 17.0 Å². The van der Waals surface area contributed by atoms with E-state index >= 15 is 0 Å². The normalized spacial score (nSPS) is 21.9. The van der Waals surface area contributed by atoms with Gasteiger partial charge in [-0.3, -0.25) is 4.90 Å². The molecule has 0 spiro atoms. The molecular weight excluding hydrogens is 439 g/mol. The second-order valence-electron chi connectivity index (χ2n) is 8.18. The first kappa shape index (κ1) is 21.7. The minimum Gasteiger partial charge on any atom is -0.508 e. The highest BCUT2D eigenvalue weighted by Crippen LogP contribution is 2.36. The molecule has 2 aliphatic rings. The minimum absolute atomic E-state index is 0.120. The molecule has 174 valence electrons. The molecule has 5 rings (SSSR count). The number of allylic oxidation sites excluding steroid dienone is 2. The summed E-state index contributed by atoms with van der Waals surface area (Å²) in [5.41, 5.74) is 2.21. The SMILES string of the molecule is COc1ccc(-c2cnnn2C[C@H]2OC(=O)N(c3ccc(F)cc3)[C@@H]2C2C=CC(O)=CC2)cc1. The topological polar surface area (TPSA) is 89.7 Å². The number of hydrogen-bond acceptors (Lipinski definition) is 6. The van der Waals surface area contributed by atoms with Crippen LogP contribution in [0.3, 0.4) is 0 Å². The molecule has 3 atom stereocenters. The monoisotopic (exact) mass is 462 g/mol. The number of benzene rings is 2. The summed E-state index contributed by atoms with van der Waals surface area (Å²) in [6, 6.07) is 12.9. The molecule has 1 aliphatic heterocycles. The number of nitrogens with zero attached hydrogens (tertiary/aromatic N) is 4. The predicted molar refractivity (Wildman–Crippen MR) is 123 cm³/mol. The zero-order valence-electron chi connectivity index (χ0n) is 18.4. The van der Waals surface area contributed by atoms with E-state index < -0.39 is 18.2 Å². The highest BCUT2D eigenvalue weighted by molar-refractivity contribution is 5.91. The fraction of sp³-hybridized carbons (Fsp3) is 0.240. The molecule has 1 aromatic heterocycles. The molecule has 1 aliphatic carbocycles. The zero-order chi connectivity index (χ0) is 23.7. The number of aliphatic hydroxyl groups excluding tert-OH is 1. The molecule has 0 bridgehead atoms. The van der Waals surface area contributed by atoms with Crippen molar-refractivity contribution in [2.75, 3.05) is 12.0 Å². The first-order chi connectivity index (χ1) is 16.5. The van der Waals surface area contributed by atoms with Crippen LogP contribution in [0.15, 0.2) is 78.7 Å². The molecule has 0 radical (unpaired) electrons. The lowest BCUT2D eigenvalue weighted by molar-refractivity contribution is 0.111. The van der Waals surface area contributed by atoms with E-state index in [1.165, 1.54) is 12.1 Å². The number of methoxy groups -OCH3 is 1. The third-order valence-electron chi connectivity index (χ3n) is 6.14. The molecule has 2 heterocycles. The van der Waals surface area contributed by atoms with Gasteiger partial charge < -0.3 is 14.6 Å². The van der Waals surface area contributed by atoms with Crippen LogP contribution < -0.4 is 9.64 Å². The van der Waals surface area contributed by atoms with Crippen LogP contribution in [0, 0.1) is 11.7 Å². The van der Waals surface area contributed by atoms with Crippen molar-refractivity contribution in [2.24, 2.45) is 5.92 Å². The van der Waals surface area contributed by atoms with Crippen molar-refractivity contribution in [1.29, 1.82) is 0 Å². The number of amides is 1. The summed E-state index contributed by atoms with van der Waals surface area (Å²) >= 11 is 0. The summed E-state index contributed by atoms with van der Waals surface area (Å²) in [5, 5.41) is 18.1. The van der Waals surface area contributed by atoms with Crippen LogP contribution in [0.1, 0.15) is 6.42 Å². The Labute approximate surface area is 195 Å². The third-order valence-corrected chi connectivity index (χ3v) is 6.14. The Morgan fingerprint density at radius 2 is 1.94 bits per heavy atom. The number of rotatable bonds is 6. The number of anilines is 1. The van der Waals surface area contributed by atoms with Crippen LogP contribution in [0.4, 0.5) is 14.9 Å². The Bertz CT molecular complexity index is 1240. The van der Waals surface area contributed by atoms with Crippen molar-refractivity contribution < 1.29 is 23.8 Å². The van der Waals surface area contributed by atoms with E-state index in [1.54, 1.807) is 47.2 Å². The number of ether oxygens (including phenoxy) is 2.